The van der Waals surface area contributed by atoms with Gasteiger partial charge in [-0.2, -0.15) is 0 Å². The van der Waals surface area contributed by atoms with E-state index >= 15 is 0 Å². The molecule has 0 heterocycles. The predicted molar refractivity (Wildman–Crippen MR) is 91.3 cm³/mol. The Morgan fingerprint density at radius 1 is 0.850 bits per heavy atom. The van der Waals surface area contributed by atoms with Crippen molar-refractivity contribution in [2.24, 2.45) is 11.8 Å². The van der Waals surface area contributed by atoms with E-state index in [1.54, 1.807) is 0 Å². The van der Waals surface area contributed by atoms with Crippen LogP contribution in [-0.4, -0.2) is 12.2 Å². The molecule has 1 heteroatoms. The number of hydrogen-bond donors (Lipinski definition) is 0. The van der Waals surface area contributed by atoms with E-state index in [0.29, 0.717) is 11.8 Å². The first-order chi connectivity index (χ1) is 9.37. The molecule has 1 nitrogen and oxygen atoms in total. The van der Waals surface area contributed by atoms with E-state index in [-0.39, 0.29) is 5.60 Å². The van der Waals surface area contributed by atoms with E-state index in [1.807, 2.05) is 0 Å². The molecule has 0 amide bonds. The molecular formula is C19H40O. The normalized spacial score (nSPS) is 13.9. The number of ether oxygens (including phenoxy) is 1. The lowest BCUT2D eigenvalue weighted by molar-refractivity contribution is -0.0465. The Labute approximate surface area is 128 Å². The molecule has 0 spiro atoms. The van der Waals surface area contributed by atoms with E-state index in [9.17, 15) is 0 Å². The van der Waals surface area contributed by atoms with Gasteiger partial charge in [0.15, 0.2) is 0 Å². The molecule has 0 saturated carbocycles. The summed E-state index contributed by atoms with van der Waals surface area (Å²) in [5, 5.41) is 0. The molecule has 122 valence electrons. The molecular weight excluding hydrogens is 244 g/mol. The van der Waals surface area contributed by atoms with Crippen LogP contribution in [0.2, 0.25) is 0 Å². The van der Waals surface area contributed by atoms with Gasteiger partial charge in [0.1, 0.15) is 0 Å². The average Bonchev–Trinajstić information content (AvgIpc) is 2.34. The SMILES string of the molecule is CCCCCCCCCC(C)COC(C)(C)CC(C)C. The van der Waals surface area contributed by atoms with Crippen LogP contribution < -0.4 is 0 Å². The zero-order valence-corrected chi connectivity index (χ0v) is 15.1. The summed E-state index contributed by atoms with van der Waals surface area (Å²) < 4.78 is 6.11. The standard InChI is InChI=1S/C19H40O/c1-7-8-9-10-11-12-13-14-18(4)16-20-19(5,6)15-17(2)3/h17-18H,7-16H2,1-6H3. The van der Waals surface area contributed by atoms with Gasteiger partial charge in [0.05, 0.1) is 5.60 Å². The fraction of sp³-hybridized carbons (Fsp3) is 1.00. The van der Waals surface area contributed by atoms with Crippen molar-refractivity contribution in [2.45, 2.75) is 105 Å². The van der Waals surface area contributed by atoms with Crippen LogP contribution in [0.1, 0.15) is 99.3 Å². The van der Waals surface area contributed by atoms with Crippen LogP contribution in [-0.2, 0) is 4.74 Å². The Morgan fingerprint density at radius 2 is 1.40 bits per heavy atom. The van der Waals surface area contributed by atoms with Crippen LogP contribution in [0.25, 0.3) is 0 Å². The molecule has 20 heavy (non-hydrogen) atoms. The molecule has 0 radical (unpaired) electrons. The van der Waals surface area contributed by atoms with Gasteiger partial charge in [0.25, 0.3) is 0 Å². The van der Waals surface area contributed by atoms with Gasteiger partial charge in [-0.15, -0.1) is 0 Å². The van der Waals surface area contributed by atoms with Gasteiger partial charge in [-0.25, -0.2) is 0 Å². The van der Waals surface area contributed by atoms with Crippen molar-refractivity contribution in [1.82, 2.24) is 0 Å². The molecule has 0 fully saturated rings. The minimum atomic E-state index is 0.0442. The van der Waals surface area contributed by atoms with Crippen molar-refractivity contribution in [2.75, 3.05) is 6.61 Å². The van der Waals surface area contributed by atoms with Crippen molar-refractivity contribution in [1.29, 1.82) is 0 Å². The van der Waals surface area contributed by atoms with Gasteiger partial charge in [0, 0.05) is 6.61 Å². The van der Waals surface area contributed by atoms with Gasteiger partial charge in [-0.3, -0.25) is 0 Å². The Balaban J connectivity index is 3.51. The van der Waals surface area contributed by atoms with E-state index in [2.05, 4.69) is 41.5 Å². The minimum Gasteiger partial charge on any atom is -0.375 e. The summed E-state index contributed by atoms with van der Waals surface area (Å²) in [4.78, 5) is 0. The highest BCUT2D eigenvalue weighted by atomic mass is 16.5. The van der Waals surface area contributed by atoms with E-state index in [0.717, 1.165) is 13.0 Å². The summed E-state index contributed by atoms with van der Waals surface area (Å²) in [5.41, 5.74) is 0.0442. The van der Waals surface area contributed by atoms with E-state index < -0.39 is 0 Å². The second-order valence-corrected chi connectivity index (χ2v) is 7.68. The summed E-state index contributed by atoms with van der Waals surface area (Å²) in [6.07, 6.45) is 12.3. The zero-order valence-electron chi connectivity index (χ0n) is 15.1. The zero-order chi connectivity index (χ0) is 15.4. The van der Waals surface area contributed by atoms with Gasteiger partial charge in [-0.05, 0) is 38.5 Å². The molecule has 0 saturated heterocycles. The van der Waals surface area contributed by atoms with Crippen molar-refractivity contribution in [3.05, 3.63) is 0 Å². The predicted octanol–water partition coefficient (Wildman–Crippen LogP) is 6.60. The van der Waals surface area contributed by atoms with Gasteiger partial charge >= 0.3 is 0 Å². The van der Waals surface area contributed by atoms with Crippen LogP contribution in [0.4, 0.5) is 0 Å². The van der Waals surface area contributed by atoms with Gasteiger partial charge in [0.2, 0.25) is 0 Å². The summed E-state index contributed by atoms with van der Waals surface area (Å²) in [6, 6.07) is 0. The third-order valence-corrected chi connectivity index (χ3v) is 3.96. The molecule has 0 N–H and O–H groups in total. The Hall–Kier alpha value is -0.0400. The van der Waals surface area contributed by atoms with Crippen LogP contribution in [0.15, 0.2) is 0 Å². The van der Waals surface area contributed by atoms with Crippen molar-refractivity contribution < 1.29 is 4.74 Å². The molecule has 0 rings (SSSR count). The molecule has 0 aliphatic heterocycles. The van der Waals surface area contributed by atoms with Crippen molar-refractivity contribution in [3.8, 4) is 0 Å². The smallest absolute Gasteiger partial charge is 0.0629 e. The van der Waals surface area contributed by atoms with Crippen LogP contribution in [0.3, 0.4) is 0 Å². The summed E-state index contributed by atoms with van der Waals surface area (Å²) in [7, 11) is 0. The first-order valence-corrected chi connectivity index (χ1v) is 9.01. The maximum Gasteiger partial charge on any atom is 0.0629 e. The molecule has 1 atom stereocenters. The van der Waals surface area contributed by atoms with Gasteiger partial charge in [-0.1, -0.05) is 72.6 Å². The molecule has 0 aliphatic carbocycles. The fourth-order valence-corrected chi connectivity index (χ4v) is 2.94. The lowest BCUT2D eigenvalue weighted by Gasteiger charge is -2.29. The summed E-state index contributed by atoms with van der Waals surface area (Å²) >= 11 is 0. The minimum absolute atomic E-state index is 0.0442. The quantitative estimate of drug-likeness (QED) is 0.346. The van der Waals surface area contributed by atoms with Crippen molar-refractivity contribution in [3.63, 3.8) is 0 Å². The van der Waals surface area contributed by atoms with Gasteiger partial charge < -0.3 is 4.74 Å². The highest BCUT2D eigenvalue weighted by Gasteiger charge is 2.20. The van der Waals surface area contributed by atoms with E-state index in [4.69, 9.17) is 4.74 Å². The fourth-order valence-electron chi connectivity index (χ4n) is 2.94. The monoisotopic (exact) mass is 284 g/mol. The topological polar surface area (TPSA) is 9.23 Å². The summed E-state index contributed by atoms with van der Waals surface area (Å²) in [5.74, 6) is 1.42. The maximum absolute atomic E-state index is 6.11. The lowest BCUT2D eigenvalue weighted by Crippen LogP contribution is -2.28. The van der Waals surface area contributed by atoms with Crippen LogP contribution >= 0.6 is 0 Å². The maximum atomic E-state index is 6.11. The third kappa shape index (κ3) is 13.0. The molecule has 0 aromatic heterocycles. The van der Waals surface area contributed by atoms with E-state index in [1.165, 1.54) is 51.4 Å². The highest BCUT2D eigenvalue weighted by molar-refractivity contribution is 4.71. The van der Waals surface area contributed by atoms with Crippen molar-refractivity contribution >= 4 is 0 Å². The third-order valence-electron chi connectivity index (χ3n) is 3.96. The second-order valence-electron chi connectivity index (χ2n) is 7.68. The lowest BCUT2D eigenvalue weighted by atomic mass is 9.95. The molecule has 0 aliphatic rings. The molecule has 0 aromatic rings. The first-order valence-electron chi connectivity index (χ1n) is 9.01. The Kier molecular flexibility index (Phi) is 11.6. The van der Waals surface area contributed by atoms with Crippen LogP contribution in [0.5, 0.6) is 0 Å². The molecule has 0 aromatic carbocycles. The first kappa shape index (κ1) is 20.0. The summed E-state index contributed by atoms with van der Waals surface area (Å²) in [6.45, 7) is 14.5. The second kappa shape index (κ2) is 11.6. The Bertz CT molecular complexity index is 208. The number of unbranched alkanes of at least 4 members (excludes halogenated alkanes) is 6. The molecule has 0 bridgehead atoms. The Morgan fingerprint density at radius 3 is 1.95 bits per heavy atom. The average molecular weight is 285 g/mol. The largest absolute Gasteiger partial charge is 0.375 e. The highest BCUT2D eigenvalue weighted by Crippen LogP contribution is 2.22. The number of hydrogen-bond acceptors (Lipinski definition) is 1. The number of rotatable bonds is 13. The van der Waals surface area contributed by atoms with Crippen LogP contribution in [0, 0.1) is 11.8 Å². The molecule has 1 unspecified atom stereocenters.